The van der Waals surface area contributed by atoms with Crippen LogP contribution in [-0.4, -0.2) is 31.6 Å². The van der Waals surface area contributed by atoms with E-state index >= 15 is 0 Å². The van der Waals surface area contributed by atoms with Gasteiger partial charge in [-0.05, 0) is 61.4 Å². The topological polar surface area (TPSA) is 38.5 Å². The second kappa shape index (κ2) is 5.98. The van der Waals surface area contributed by atoms with Crippen molar-refractivity contribution in [2.45, 2.75) is 44.6 Å². The van der Waals surface area contributed by atoms with Crippen LogP contribution in [0, 0.1) is 5.92 Å². The van der Waals surface area contributed by atoms with Gasteiger partial charge in [0.15, 0.2) is 0 Å². The lowest BCUT2D eigenvalue weighted by atomic mass is 9.75. The summed E-state index contributed by atoms with van der Waals surface area (Å²) in [5, 5.41) is 0. The molecule has 0 saturated carbocycles. The molecule has 1 aromatic carbocycles. The predicted molar refractivity (Wildman–Crippen MR) is 86.6 cm³/mol. The zero-order chi connectivity index (χ0) is 14.9. The second-order valence-corrected chi connectivity index (χ2v) is 6.62. The average molecular weight is 288 g/mol. The van der Waals surface area contributed by atoms with Crippen LogP contribution in [0.3, 0.4) is 0 Å². The summed E-state index contributed by atoms with van der Waals surface area (Å²) in [6.07, 6.45) is 6.19. The highest BCUT2D eigenvalue weighted by Crippen LogP contribution is 2.43. The predicted octanol–water partition coefficient (Wildman–Crippen LogP) is 2.92. The van der Waals surface area contributed by atoms with Gasteiger partial charge in [0.05, 0.1) is 12.6 Å². The molecule has 0 spiro atoms. The highest BCUT2D eigenvalue weighted by Gasteiger charge is 2.43. The van der Waals surface area contributed by atoms with Crippen LogP contribution in [0.15, 0.2) is 18.2 Å². The minimum Gasteiger partial charge on any atom is -0.497 e. The number of nitrogens with zero attached hydrogens (tertiary/aromatic N) is 1. The molecule has 1 saturated heterocycles. The average Bonchev–Trinajstić information content (AvgIpc) is 3.03. The molecule has 2 atom stereocenters. The Morgan fingerprint density at radius 1 is 1.43 bits per heavy atom. The van der Waals surface area contributed by atoms with E-state index in [2.05, 4.69) is 30.0 Å². The molecule has 1 heterocycles. The standard InChI is InChI=1S/C18H28N2O/c1-3-14-8-10-20(12-14)18(13-19)9-4-5-15-6-7-16(21-2)11-17(15)18/h6-7,11,14H,3-5,8-10,12-13,19H2,1-2H3. The fraction of sp³-hybridized carbons (Fsp3) is 0.667. The molecule has 2 unspecified atom stereocenters. The zero-order valence-corrected chi connectivity index (χ0v) is 13.4. The van der Waals surface area contributed by atoms with Crippen molar-refractivity contribution in [3.8, 4) is 5.75 Å². The van der Waals surface area contributed by atoms with Crippen LogP contribution in [0.5, 0.6) is 5.75 Å². The van der Waals surface area contributed by atoms with Gasteiger partial charge in [-0.3, -0.25) is 4.90 Å². The molecule has 2 N–H and O–H groups in total. The van der Waals surface area contributed by atoms with Crippen LogP contribution in [0.4, 0.5) is 0 Å². The molecule has 21 heavy (non-hydrogen) atoms. The first kappa shape index (κ1) is 14.9. The number of nitrogens with two attached hydrogens (primary N) is 1. The fourth-order valence-corrected chi connectivity index (χ4v) is 4.26. The Labute approximate surface area is 128 Å². The van der Waals surface area contributed by atoms with Gasteiger partial charge in [-0.1, -0.05) is 19.4 Å². The van der Waals surface area contributed by atoms with E-state index in [9.17, 15) is 0 Å². The summed E-state index contributed by atoms with van der Waals surface area (Å²) in [7, 11) is 1.75. The molecular weight excluding hydrogens is 260 g/mol. The molecule has 3 rings (SSSR count). The zero-order valence-electron chi connectivity index (χ0n) is 13.4. The summed E-state index contributed by atoms with van der Waals surface area (Å²) >= 11 is 0. The van der Waals surface area contributed by atoms with Gasteiger partial charge >= 0.3 is 0 Å². The van der Waals surface area contributed by atoms with Crippen molar-refractivity contribution >= 4 is 0 Å². The molecule has 3 heteroatoms. The third kappa shape index (κ3) is 2.47. The largest absolute Gasteiger partial charge is 0.497 e. The molecule has 0 bridgehead atoms. The number of rotatable bonds is 4. The van der Waals surface area contributed by atoms with E-state index in [1.807, 2.05) is 0 Å². The van der Waals surface area contributed by atoms with Gasteiger partial charge in [0, 0.05) is 13.1 Å². The van der Waals surface area contributed by atoms with Crippen molar-refractivity contribution in [1.82, 2.24) is 4.90 Å². The van der Waals surface area contributed by atoms with Crippen molar-refractivity contribution in [2.75, 3.05) is 26.7 Å². The number of aryl methyl sites for hydroxylation is 1. The summed E-state index contributed by atoms with van der Waals surface area (Å²) < 4.78 is 5.46. The van der Waals surface area contributed by atoms with Crippen molar-refractivity contribution in [3.05, 3.63) is 29.3 Å². The van der Waals surface area contributed by atoms with Gasteiger partial charge in [0.25, 0.3) is 0 Å². The van der Waals surface area contributed by atoms with Crippen molar-refractivity contribution < 1.29 is 4.74 Å². The molecule has 116 valence electrons. The Balaban J connectivity index is 2.00. The number of benzene rings is 1. The lowest BCUT2D eigenvalue weighted by Crippen LogP contribution is -2.52. The lowest BCUT2D eigenvalue weighted by Gasteiger charge is -2.45. The summed E-state index contributed by atoms with van der Waals surface area (Å²) in [4.78, 5) is 2.67. The number of hydrogen-bond donors (Lipinski definition) is 1. The van der Waals surface area contributed by atoms with Crippen LogP contribution in [-0.2, 0) is 12.0 Å². The van der Waals surface area contributed by atoms with Crippen molar-refractivity contribution in [2.24, 2.45) is 11.7 Å². The first-order valence-electron chi connectivity index (χ1n) is 8.36. The molecule has 1 aliphatic heterocycles. The molecule has 3 nitrogen and oxygen atoms in total. The third-order valence-electron chi connectivity index (χ3n) is 5.66. The van der Waals surface area contributed by atoms with Crippen LogP contribution in [0.25, 0.3) is 0 Å². The van der Waals surface area contributed by atoms with E-state index in [1.54, 1.807) is 7.11 Å². The SMILES string of the molecule is CCC1CCN(C2(CN)CCCc3ccc(OC)cc32)C1. The molecular formula is C18H28N2O. The fourth-order valence-electron chi connectivity index (χ4n) is 4.26. The van der Waals surface area contributed by atoms with Gasteiger partial charge in [0.2, 0.25) is 0 Å². The number of methoxy groups -OCH3 is 1. The quantitative estimate of drug-likeness (QED) is 0.926. The van der Waals surface area contributed by atoms with Gasteiger partial charge in [0.1, 0.15) is 5.75 Å². The van der Waals surface area contributed by atoms with Gasteiger partial charge < -0.3 is 10.5 Å². The van der Waals surface area contributed by atoms with Crippen LogP contribution in [0.1, 0.15) is 43.7 Å². The minimum absolute atomic E-state index is 0.0338. The number of hydrogen-bond acceptors (Lipinski definition) is 3. The molecule has 1 fully saturated rings. The maximum atomic E-state index is 6.33. The van der Waals surface area contributed by atoms with Crippen LogP contribution < -0.4 is 10.5 Å². The monoisotopic (exact) mass is 288 g/mol. The van der Waals surface area contributed by atoms with E-state index < -0.39 is 0 Å². The third-order valence-corrected chi connectivity index (χ3v) is 5.66. The number of likely N-dealkylation sites (tertiary alicyclic amines) is 1. The summed E-state index contributed by atoms with van der Waals surface area (Å²) in [5.74, 6) is 1.80. The van der Waals surface area contributed by atoms with E-state index in [0.717, 1.165) is 11.7 Å². The van der Waals surface area contributed by atoms with Gasteiger partial charge in [-0.2, -0.15) is 0 Å². The highest BCUT2D eigenvalue weighted by atomic mass is 16.5. The van der Waals surface area contributed by atoms with E-state index in [4.69, 9.17) is 10.5 Å². The normalized spacial score (nSPS) is 29.4. The first-order chi connectivity index (χ1) is 10.2. The van der Waals surface area contributed by atoms with Crippen LogP contribution in [0.2, 0.25) is 0 Å². The molecule has 1 aromatic rings. The smallest absolute Gasteiger partial charge is 0.119 e. The second-order valence-electron chi connectivity index (χ2n) is 6.62. The molecule has 0 aromatic heterocycles. The molecule has 0 radical (unpaired) electrons. The number of ether oxygens (including phenoxy) is 1. The summed E-state index contributed by atoms with van der Waals surface area (Å²) in [6, 6.07) is 6.57. The maximum Gasteiger partial charge on any atom is 0.119 e. The van der Waals surface area contributed by atoms with Gasteiger partial charge in [-0.25, -0.2) is 0 Å². The molecule has 1 aliphatic carbocycles. The van der Waals surface area contributed by atoms with Crippen molar-refractivity contribution in [3.63, 3.8) is 0 Å². The Bertz CT molecular complexity index is 502. The molecule has 2 aliphatic rings. The summed E-state index contributed by atoms with van der Waals surface area (Å²) in [6.45, 7) is 5.40. The van der Waals surface area contributed by atoms with E-state index in [1.165, 1.54) is 56.3 Å². The first-order valence-corrected chi connectivity index (χ1v) is 8.36. The van der Waals surface area contributed by atoms with Crippen LogP contribution >= 0.6 is 0 Å². The van der Waals surface area contributed by atoms with E-state index in [0.29, 0.717) is 6.54 Å². The number of fused-ring (bicyclic) bond motifs is 1. The Kier molecular flexibility index (Phi) is 4.23. The Morgan fingerprint density at radius 2 is 2.29 bits per heavy atom. The Hall–Kier alpha value is -1.06. The maximum absolute atomic E-state index is 6.33. The highest BCUT2D eigenvalue weighted by molar-refractivity contribution is 5.42. The summed E-state index contributed by atoms with van der Waals surface area (Å²) in [5.41, 5.74) is 9.25. The lowest BCUT2D eigenvalue weighted by molar-refractivity contribution is 0.0966. The van der Waals surface area contributed by atoms with Gasteiger partial charge in [-0.15, -0.1) is 0 Å². The Morgan fingerprint density at radius 3 is 2.95 bits per heavy atom. The molecule has 0 amide bonds. The van der Waals surface area contributed by atoms with E-state index in [-0.39, 0.29) is 5.54 Å². The minimum atomic E-state index is 0.0338. The van der Waals surface area contributed by atoms with Crippen molar-refractivity contribution in [1.29, 1.82) is 0 Å².